The highest BCUT2D eigenvalue weighted by atomic mass is 16.3. The monoisotopic (exact) mass is 261 g/mol. The topological polar surface area (TPSA) is 46.2 Å². The van der Waals surface area contributed by atoms with E-state index in [0.29, 0.717) is 6.54 Å². The molecule has 2 rings (SSSR count). The van der Waals surface area contributed by atoms with Crippen LogP contribution >= 0.6 is 0 Å². The molecular formula is C17H27NO. The second kappa shape index (κ2) is 5.64. The van der Waals surface area contributed by atoms with Crippen molar-refractivity contribution in [3.05, 3.63) is 34.9 Å². The van der Waals surface area contributed by atoms with Crippen LogP contribution in [-0.2, 0) is 0 Å². The van der Waals surface area contributed by atoms with Gasteiger partial charge in [-0.05, 0) is 44.6 Å². The average Bonchev–Trinajstić information content (AvgIpc) is 2.81. The van der Waals surface area contributed by atoms with Crippen molar-refractivity contribution in [1.29, 1.82) is 0 Å². The van der Waals surface area contributed by atoms with E-state index < -0.39 is 6.10 Å². The summed E-state index contributed by atoms with van der Waals surface area (Å²) in [6.45, 7) is 6.99. The summed E-state index contributed by atoms with van der Waals surface area (Å²) < 4.78 is 0. The summed E-state index contributed by atoms with van der Waals surface area (Å²) in [6, 6.07) is 6.36. The molecule has 2 nitrogen and oxygen atoms in total. The second-order valence-electron chi connectivity index (χ2n) is 6.41. The predicted octanol–water partition coefficient (Wildman–Crippen LogP) is 3.49. The van der Waals surface area contributed by atoms with E-state index in [4.69, 9.17) is 5.73 Å². The molecule has 2 heteroatoms. The Morgan fingerprint density at radius 1 is 1.32 bits per heavy atom. The molecule has 19 heavy (non-hydrogen) atoms. The highest BCUT2D eigenvalue weighted by Gasteiger charge is 2.43. The molecule has 3 unspecified atom stereocenters. The van der Waals surface area contributed by atoms with E-state index >= 15 is 0 Å². The largest absolute Gasteiger partial charge is 0.388 e. The van der Waals surface area contributed by atoms with Gasteiger partial charge in [-0.15, -0.1) is 0 Å². The van der Waals surface area contributed by atoms with E-state index in [-0.39, 0.29) is 5.41 Å². The first-order chi connectivity index (χ1) is 9.00. The molecule has 0 aromatic heterocycles. The van der Waals surface area contributed by atoms with E-state index in [9.17, 15) is 5.11 Å². The van der Waals surface area contributed by atoms with Gasteiger partial charge in [0.25, 0.3) is 0 Å². The van der Waals surface area contributed by atoms with Crippen LogP contribution in [0.15, 0.2) is 18.2 Å². The Balaban J connectivity index is 2.28. The van der Waals surface area contributed by atoms with Gasteiger partial charge in [0.05, 0.1) is 6.10 Å². The molecule has 0 amide bonds. The number of rotatable bonds is 4. The molecule has 1 aromatic carbocycles. The van der Waals surface area contributed by atoms with Crippen molar-refractivity contribution in [2.45, 2.75) is 52.6 Å². The minimum Gasteiger partial charge on any atom is -0.388 e. The van der Waals surface area contributed by atoms with Gasteiger partial charge in [-0.3, -0.25) is 0 Å². The van der Waals surface area contributed by atoms with Gasteiger partial charge < -0.3 is 10.8 Å². The third-order valence-corrected chi connectivity index (χ3v) is 4.87. The van der Waals surface area contributed by atoms with Crippen LogP contribution < -0.4 is 5.73 Å². The fraction of sp³-hybridized carbons (Fsp3) is 0.647. The number of aliphatic hydroxyl groups excluding tert-OH is 1. The van der Waals surface area contributed by atoms with Crippen LogP contribution in [0.4, 0.5) is 0 Å². The molecule has 0 heterocycles. The van der Waals surface area contributed by atoms with Gasteiger partial charge in [-0.25, -0.2) is 0 Å². The summed E-state index contributed by atoms with van der Waals surface area (Å²) in [6.07, 6.45) is 4.09. The molecule has 1 fully saturated rings. The summed E-state index contributed by atoms with van der Waals surface area (Å²) in [4.78, 5) is 0. The molecule has 1 aliphatic carbocycles. The van der Waals surface area contributed by atoms with Gasteiger partial charge in [0, 0.05) is 12.0 Å². The normalized spacial score (nSPS) is 28.6. The zero-order chi connectivity index (χ0) is 14.0. The maximum atomic E-state index is 10.9. The van der Waals surface area contributed by atoms with Crippen molar-refractivity contribution in [2.75, 3.05) is 6.54 Å². The van der Waals surface area contributed by atoms with E-state index in [0.717, 1.165) is 24.3 Å². The van der Waals surface area contributed by atoms with E-state index in [1.807, 2.05) is 0 Å². The van der Waals surface area contributed by atoms with Crippen LogP contribution in [0.25, 0.3) is 0 Å². The predicted molar refractivity (Wildman–Crippen MR) is 80.0 cm³/mol. The maximum absolute atomic E-state index is 10.9. The second-order valence-corrected chi connectivity index (χ2v) is 6.41. The molecule has 0 aliphatic heterocycles. The molecule has 1 aliphatic rings. The lowest BCUT2D eigenvalue weighted by atomic mass is 9.76. The fourth-order valence-electron chi connectivity index (χ4n) is 3.69. The molecule has 0 spiro atoms. The molecule has 0 bridgehead atoms. The van der Waals surface area contributed by atoms with Gasteiger partial charge in [-0.1, -0.05) is 42.7 Å². The van der Waals surface area contributed by atoms with Gasteiger partial charge in [0.1, 0.15) is 0 Å². The molecule has 3 N–H and O–H groups in total. The summed E-state index contributed by atoms with van der Waals surface area (Å²) in [5.41, 5.74) is 9.40. The number of hydrogen-bond acceptors (Lipinski definition) is 2. The maximum Gasteiger partial charge on any atom is 0.0858 e. The highest BCUT2D eigenvalue weighted by molar-refractivity contribution is 5.31. The van der Waals surface area contributed by atoms with Crippen LogP contribution in [0.5, 0.6) is 0 Å². The Kier molecular flexibility index (Phi) is 4.32. The van der Waals surface area contributed by atoms with Crippen molar-refractivity contribution in [2.24, 2.45) is 17.1 Å². The number of nitrogens with two attached hydrogens (primary N) is 1. The van der Waals surface area contributed by atoms with Crippen LogP contribution in [-0.4, -0.2) is 11.7 Å². The first-order valence-electron chi connectivity index (χ1n) is 7.47. The van der Waals surface area contributed by atoms with E-state index in [1.165, 1.54) is 24.0 Å². The summed E-state index contributed by atoms with van der Waals surface area (Å²) >= 11 is 0. The summed E-state index contributed by atoms with van der Waals surface area (Å²) in [7, 11) is 0. The highest BCUT2D eigenvalue weighted by Crippen LogP contribution is 2.50. The van der Waals surface area contributed by atoms with Gasteiger partial charge in [0.15, 0.2) is 0 Å². The molecule has 0 radical (unpaired) electrons. The van der Waals surface area contributed by atoms with Crippen molar-refractivity contribution in [1.82, 2.24) is 0 Å². The standard InChI is InChI=1S/C17H27NO/c1-4-14-5-6-17(10-14,11-18)16(19)15-8-12(2)7-13(3)9-15/h7-9,14,16,19H,4-6,10-11,18H2,1-3H3. The number of benzene rings is 1. The lowest BCUT2D eigenvalue weighted by molar-refractivity contribution is 0.0301. The summed E-state index contributed by atoms with van der Waals surface area (Å²) in [5, 5.41) is 10.9. The van der Waals surface area contributed by atoms with E-state index in [1.54, 1.807) is 0 Å². The number of aryl methyl sites for hydroxylation is 2. The van der Waals surface area contributed by atoms with Crippen molar-refractivity contribution < 1.29 is 5.11 Å². The van der Waals surface area contributed by atoms with Crippen LogP contribution in [0.1, 0.15) is 55.4 Å². The lowest BCUT2D eigenvalue weighted by Crippen LogP contribution is -2.34. The Morgan fingerprint density at radius 2 is 1.95 bits per heavy atom. The minimum atomic E-state index is -0.423. The smallest absolute Gasteiger partial charge is 0.0858 e. The average molecular weight is 261 g/mol. The first-order valence-corrected chi connectivity index (χ1v) is 7.47. The van der Waals surface area contributed by atoms with Gasteiger partial charge >= 0.3 is 0 Å². The van der Waals surface area contributed by atoms with Crippen molar-refractivity contribution >= 4 is 0 Å². The third kappa shape index (κ3) is 2.85. The van der Waals surface area contributed by atoms with Crippen LogP contribution in [0, 0.1) is 25.2 Å². The molecule has 106 valence electrons. The molecule has 1 aromatic rings. The van der Waals surface area contributed by atoms with Gasteiger partial charge in [0.2, 0.25) is 0 Å². The SMILES string of the molecule is CCC1CCC(CN)(C(O)c2cc(C)cc(C)c2)C1. The zero-order valence-electron chi connectivity index (χ0n) is 12.4. The number of aliphatic hydroxyl groups is 1. The first kappa shape index (κ1) is 14.5. The Morgan fingerprint density at radius 3 is 2.42 bits per heavy atom. The molecular weight excluding hydrogens is 234 g/mol. The zero-order valence-corrected chi connectivity index (χ0v) is 12.4. The molecule has 3 atom stereocenters. The van der Waals surface area contributed by atoms with Crippen LogP contribution in [0.3, 0.4) is 0 Å². The lowest BCUT2D eigenvalue weighted by Gasteiger charge is -2.34. The fourth-order valence-corrected chi connectivity index (χ4v) is 3.69. The van der Waals surface area contributed by atoms with Crippen molar-refractivity contribution in [3.63, 3.8) is 0 Å². The van der Waals surface area contributed by atoms with Crippen molar-refractivity contribution in [3.8, 4) is 0 Å². The summed E-state index contributed by atoms with van der Waals surface area (Å²) in [5.74, 6) is 0.726. The minimum absolute atomic E-state index is 0.110. The Labute approximate surface area is 117 Å². The Hall–Kier alpha value is -0.860. The third-order valence-electron chi connectivity index (χ3n) is 4.87. The quantitative estimate of drug-likeness (QED) is 0.871. The number of hydrogen-bond donors (Lipinski definition) is 2. The van der Waals surface area contributed by atoms with E-state index in [2.05, 4.69) is 39.0 Å². The molecule has 1 saturated carbocycles. The Bertz CT molecular complexity index is 423. The molecule has 0 saturated heterocycles. The van der Waals surface area contributed by atoms with Gasteiger partial charge in [-0.2, -0.15) is 0 Å². The van der Waals surface area contributed by atoms with Crippen LogP contribution in [0.2, 0.25) is 0 Å².